The third-order valence-electron chi connectivity index (χ3n) is 5.42. The Balaban J connectivity index is 1.92. The number of amides is 2. The van der Waals surface area contributed by atoms with Crippen molar-refractivity contribution in [2.24, 2.45) is 5.92 Å². The molecular formula is C23H31N3O4. The predicted octanol–water partition coefficient (Wildman–Crippen LogP) is 3.03. The summed E-state index contributed by atoms with van der Waals surface area (Å²) in [5.41, 5.74) is 0.583. The van der Waals surface area contributed by atoms with Gasteiger partial charge in [-0.2, -0.15) is 5.26 Å². The Bertz CT molecular complexity index is 788. The van der Waals surface area contributed by atoms with Gasteiger partial charge in [0.15, 0.2) is 6.61 Å². The molecule has 0 bridgehead atoms. The minimum Gasteiger partial charge on any atom is -0.454 e. The number of carbonyl (C=O) groups is 3. The Kier molecular flexibility index (Phi) is 8.40. The van der Waals surface area contributed by atoms with Crippen LogP contribution in [0.5, 0.6) is 0 Å². The van der Waals surface area contributed by atoms with Gasteiger partial charge in [0.2, 0.25) is 0 Å². The molecule has 2 N–H and O–H groups in total. The zero-order valence-corrected chi connectivity index (χ0v) is 18.0. The van der Waals surface area contributed by atoms with Crippen LogP contribution in [0, 0.1) is 24.2 Å². The number of nitrogens with one attached hydrogen (secondary N) is 2. The third-order valence-corrected chi connectivity index (χ3v) is 5.42. The normalized spacial score (nSPS) is 16.6. The van der Waals surface area contributed by atoms with Crippen molar-refractivity contribution in [1.82, 2.24) is 10.6 Å². The van der Waals surface area contributed by atoms with Crippen LogP contribution in [0.2, 0.25) is 0 Å². The summed E-state index contributed by atoms with van der Waals surface area (Å²) >= 11 is 0. The summed E-state index contributed by atoms with van der Waals surface area (Å²) in [4.78, 5) is 37.3. The molecule has 1 atom stereocenters. The number of nitrogens with zero attached hydrogens (tertiary/aromatic N) is 1. The predicted molar refractivity (Wildman–Crippen MR) is 112 cm³/mol. The summed E-state index contributed by atoms with van der Waals surface area (Å²) in [6, 6.07) is 8.37. The van der Waals surface area contributed by atoms with E-state index in [-0.39, 0.29) is 11.8 Å². The Labute approximate surface area is 178 Å². The molecule has 0 unspecified atom stereocenters. The quantitative estimate of drug-likeness (QED) is 0.528. The van der Waals surface area contributed by atoms with Crippen LogP contribution < -0.4 is 10.6 Å². The Morgan fingerprint density at radius 3 is 2.23 bits per heavy atom. The van der Waals surface area contributed by atoms with E-state index in [1.807, 2.05) is 19.1 Å². The summed E-state index contributed by atoms with van der Waals surface area (Å²) in [6.45, 7) is 5.02. The highest BCUT2D eigenvalue weighted by Crippen LogP contribution is 2.26. The molecule has 1 aromatic carbocycles. The van der Waals surface area contributed by atoms with Crippen molar-refractivity contribution >= 4 is 17.8 Å². The van der Waals surface area contributed by atoms with Crippen LogP contribution >= 0.6 is 0 Å². The zero-order chi connectivity index (χ0) is 22.1. The minimum absolute atomic E-state index is 0.220. The minimum atomic E-state index is -0.892. The van der Waals surface area contributed by atoms with Crippen molar-refractivity contribution in [2.75, 3.05) is 6.61 Å². The molecule has 2 rings (SSSR count). The lowest BCUT2D eigenvalue weighted by atomic mass is 9.92. The molecule has 0 spiro atoms. The number of ether oxygens (including phenoxy) is 1. The van der Waals surface area contributed by atoms with Crippen molar-refractivity contribution in [3.8, 4) is 6.07 Å². The molecule has 0 heterocycles. The highest BCUT2D eigenvalue weighted by Gasteiger charge is 2.33. The van der Waals surface area contributed by atoms with Crippen LogP contribution in [0.1, 0.15) is 68.3 Å². The molecule has 1 aliphatic rings. The molecule has 0 aromatic heterocycles. The standard InChI is InChI=1S/C23H31N3O4/c1-16(2)20(25-21(28)18-10-8-17(3)9-11-18)22(29)30-14-19(27)26-23(15-24)12-6-4-5-7-13-23/h8-11,16,20H,4-7,12-14H2,1-3H3,(H,25,28)(H,26,27)/t20-/m0/s1. The molecule has 1 saturated carbocycles. The lowest BCUT2D eigenvalue weighted by molar-refractivity contribution is -0.151. The second kappa shape index (κ2) is 10.8. The number of aryl methyl sites for hydroxylation is 1. The molecule has 1 aromatic rings. The van der Waals surface area contributed by atoms with Gasteiger partial charge in [-0.25, -0.2) is 4.79 Å². The maximum Gasteiger partial charge on any atom is 0.329 e. The first-order chi connectivity index (χ1) is 14.3. The van der Waals surface area contributed by atoms with E-state index in [4.69, 9.17) is 4.74 Å². The summed E-state index contributed by atoms with van der Waals surface area (Å²) in [6.07, 6.45) is 5.06. The average molecular weight is 414 g/mol. The number of nitriles is 1. The van der Waals surface area contributed by atoms with E-state index in [1.165, 1.54) is 0 Å². The molecule has 7 heteroatoms. The molecule has 162 valence electrons. The van der Waals surface area contributed by atoms with Gasteiger partial charge < -0.3 is 15.4 Å². The molecule has 7 nitrogen and oxygen atoms in total. The first kappa shape index (κ1) is 23.4. The van der Waals surface area contributed by atoms with E-state index in [1.54, 1.807) is 26.0 Å². The Hall–Kier alpha value is -2.88. The number of rotatable bonds is 7. The van der Waals surface area contributed by atoms with Crippen molar-refractivity contribution in [3.05, 3.63) is 35.4 Å². The number of hydrogen-bond acceptors (Lipinski definition) is 5. The Morgan fingerprint density at radius 2 is 1.70 bits per heavy atom. The Morgan fingerprint density at radius 1 is 1.10 bits per heavy atom. The molecule has 1 fully saturated rings. The van der Waals surface area contributed by atoms with Gasteiger partial charge in [0.25, 0.3) is 11.8 Å². The van der Waals surface area contributed by atoms with Gasteiger partial charge in [-0.15, -0.1) is 0 Å². The van der Waals surface area contributed by atoms with Crippen LogP contribution in [0.3, 0.4) is 0 Å². The van der Waals surface area contributed by atoms with Gasteiger partial charge in [0.1, 0.15) is 11.6 Å². The number of hydrogen-bond donors (Lipinski definition) is 2. The number of carbonyl (C=O) groups excluding carboxylic acids is 3. The molecule has 30 heavy (non-hydrogen) atoms. The largest absolute Gasteiger partial charge is 0.454 e. The van der Waals surface area contributed by atoms with Crippen LogP contribution in [0.4, 0.5) is 0 Å². The second-order valence-electron chi connectivity index (χ2n) is 8.33. The van der Waals surface area contributed by atoms with E-state index < -0.39 is 30.1 Å². The van der Waals surface area contributed by atoms with Crippen LogP contribution in [0.15, 0.2) is 24.3 Å². The first-order valence-corrected chi connectivity index (χ1v) is 10.5. The second-order valence-corrected chi connectivity index (χ2v) is 8.33. The van der Waals surface area contributed by atoms with E-state index in [9.17, 15) is 19.6 Å². The third kappa shape index (κ3) is 6.58. The SMILES string of the molecule is Cc1ccc(C(=O)N[C@H](C(=O)OCC(=O)NC2(C#N)CCCCCC2)C(C)C)cc1. The maximum atomic E-state index is 12.5. The molecule has 1 aliphatic carbocycles. The van der Waals surface area contributed by atoms with Gasteiger partial charge >= 0.3 is 5.97 Å². The average Bonchev–Trinajstić information content (AvgIpc) is 2.96. The topological polar surface area (TPSA) is 108 Å². The van der Waals surface area contributed by atoms with Gasteiger partial charge in [0, 0.05) is 5.56 Å². The summed E-state index contributed by atoms with van der Waals surface area (Å²) in [7, 11) is 0. The van der Waals surface area contributed by atoms with Crippen molar-refractivity contribution in [3.63, 3.8) is 0 Å². The van der Waals surface area contributed by atoms with Crippen LogP contribution in [-0.2, 0) is 14.3 Å². The molecule has 0 saturated heterocycles. The molecule has 2 amide bonds. The number of benzene rings is 1. The van der Waals surface area contributed by atoms with Gasteiger partial charge in [-0.3, -0.25) is 9.59 Å². The van der Waals surface area contributed by atoms with Crippen LogP contribution in [-0.4, -0.2) is 36.0 Å². The van der Waals surface area contributed by atoms with Crippen molar-refractivity contribution in [2.45, 2.75) is 70.9 Å². The van der Waals surface area contributed by atoms with Gasteiger partial charge in [-0.05, 0) is 37.8 Å². The number of esters is 1. The first-order valence-electron chi connectivity index (χ1n) is 10.5. The monoisotopic (exact) mass is 413 g/mol. The van der Waals surface area contributed by atoms with E-state index in [0.29, 0.717) is 18.4 Å². The smallest absolute Gasteiger partial charge is 0.329 e. The lowest BCUT2D eigenvalue weighted by Gasteiger charge is -2.26. The summed E-state index contributed by atoms with van der Waals surface area (Å²) in [5, 5.41) is 15.0. The fraction of sp³-hybridized carbons (Fsp3) is 0.565. The van der Waals surface area contributed by atoms with Gasteiger partial charge in [0.05, 0.1) is 6.07 Å². The fourth-order valence-corrected chi connectivity index (χ4v) is 3.55. The summed E-state index contributed by atoms with van der Waals surface area (Å²) in [5.74, 6) is -1.77. The maximum absolute atomic E-state index is 12.5. The molecule has 0 radical (unpaired) electrons. The van der Waals surface area contributed by atoms with Crippen molar-refractivity contribution < 1.29 is 19.1 Å². The van der Waals surface area contributed by atoms with E-state index in [0.717, 1.165) is 31.2 Å². The van der Waals surface area contributed by atoms with Crippen LogP contribution in [0.25, 0.3) is 0 Å². The summed E-state index contributed by atoms with van der Waals surface area (Å²) < 4.78 is 5.17. The fourth-order valence-electron chi connectivity index (χ4n) is 3.55. The van der Waals surface area contributed by atoms with Gasteiger partial charge in [-0.1, -0.05) is 57.2 Å². The van der Waals surface area contributed by atoms with Crippen molar-refractivity contribution in [1.29, 1.82) is 5.26 Å². The molecular weight excluding hydrogens is 382 g/mol. The highest BCUT2D eigenvalue weighted by atomic mass is 16.5. The lowest BCUT2D eigenvalue weighted by Crippen LogP contribution is -2.50. The van der Waals surface area contributed by atoms with E-state index >= 15 is 0 Å². The zero-order valence-electron chi connectivity index (χ0n) is 18.0. The highest BCUT2D eigenvalue weighted by molar-refractivity contribution is 5.97. The molecule has 0 aliphatic heterocycles. The van der Waals surface area contributed by atoms with E-state index in [2.05, 4.69) is 16.7 Å².